The molecular weight excluding hydrogens is 356 g/mol. The minimum Gasteiger partial charge on any atom is -0.305 e. The summed E-state index contributed by atoms with van der Waals surface area (Å²) in [7, 11) is 0. The number of rotatable bonds is 2. The third-order valence-electron chi connectivity index (χ3n) is 2.68. The summed E-state index contributed by atoms with van der Waals surface area (Å²) in [6, 6.07) is 3.45. The van der Waals surface area contributed by atoms with E-state index < -0.39 is 35.0 Å². The van der Waals surface area contributed by atoms with Crippen LogP contribution in [0.1, 0.15) is 10.4 Å². The van der Waals surface area contributed by atoms with Gasteiger partial charge in [0.15, 0.2) is 0 Å². The Kier molecular flexibility index (Phi) is 5.12. The molecule has 0 bridgehead atoms. The number of benzene rings is 2. The van der Waals surface area contributed by atoms with Gasteiger partial charge < -0.3 is 5.32 Å². The summed E-state index contributed by atoms with van der Waals surface area (Å²) < 4.78 is 40.4. The molecule has 2 aromatic rings. The van der Waals surface area contributed by atoms with Gasteiger partial charge in [-0.3, -0.25) is 10.1 Å². The summed E-state index contributed by atoms with van der Waals surface area (Å²) in [6.07, 6.45) is 0. The number of hydrogen-bond acceptors (Lipinski definition) is 2. The maximum absolute atomic E-state index is 13.6. The molecule has 3 amide bonds. The van der Waals surface area contributed by atoms with Gasteiger partial charge in [0.25, 0.3) is 5.91 Å². The number of amides is 3. The fraction of sp³-hybridized carbons (Fsp3) is 0. The number of nitrogens with one attached hydrogen (secondary N) is 2. The molecule has 0 atom stereocenters. The Labute approximate surface area is 138 Å². The van der Waals surface area contributed by atoms with Crippen molar-refractivity contribution in [3.8, 4) is 0 Å². The Bertz CT molecular complexity index is 780. The Morgan fingerprint density at radius 3 is 2.09 bits per heavy atom. The number of urea groups is 1. The number of imide groups is 1. The van der Waals surface area contributed by atoms with Crippen LogP contribution in [0, 0.1) is 17.5 Å². The first-order chi connectivity index (χ1) is 10.8. The van der Waals surface area contributed by atoms with Crippen LogP contribution in [0.15, 0.2) is 30.3 Å². The molecule has 0 aliphatic carbocycles. The van der Waals surface area contributed by atoms with Gasteiger partial charge in [-0.15, -0.1) is 0 Å². The van der Waals surface area contributed by atoms with Gasteiger partial charge >= 0.3 is 6.03 Å². The third-order valence-corrected chi connectivity index (χ3v) is 3.40. The van der Waals surface area contributed by atoms with E-state index in [1.165, 1.54) is 0 Å². The zero-order valence-electron chi connectivity index (χ0n) is 11.1. The largest absolute Gasteiger partial charge is 0.326 e. The number of carbonyl (C=O) groups is 2. The van der Waals surface area contributed by atoms with Crippen LogP contribution in [0.2, 0.25) is 10.0 Å². The second-order valence-electron chi connectivity index (χ2n) is 4.25. The number of halogens is 5. The average Bonchev–Trinajstić information content (AvgIpc) is 2.44. The molecule has 2 N–H and O–H groups in total. The quantitative estimate of drug-likeness (QED) is 0.779. The van der Waals surface area contributed by atoms with E-state index >= 15 is 0 Å². The fourth-order valence-electron chi connectivity index (χ4n) is 1.65. The molecule has 0 aliphatic rings. The van der Waals surface area contributed by atoms with Crippen molar-refractivity contribution in [3.63, 3.8) is 0 Å². The molecule has 0 heterocycles. The lowest BCUT2D eigenvalue weighted by Gasteiger charge is -2.09. The second-order valence-corrected chi connectivity index (χ2v) is 5.07. The van der Waals surface area contributed by atoms with E-state index in [-0.39, 0.29) is 15.7 Å². The Hall–Kier alpha value is -2.25. The zero-order chi connectivity index (χ0) is 17.1. The van der Waals surface area contributed by atoms with Crippen LogP contribution < -0.4 is 10.6 Å². The fourth-order valence-corrected chi connectivity index (χ4v) is 1.97. The molecule has 120 valence electrons. The van der Waals surface area contributed by atoms with Crippen LogP contribution in [0.5, 0.6) is 0 Å². The first-order valence-electron chi connectivity index (χ1n) is 6.00. The van der Waals surface area contributed by atoms with E-state index in [4.69, 9.17) is 23.2 Å². The maximum Gasteiger partial charge on any atom is 0.326 e. The molecule has 2 rings (SSSR count). The molecule has 0 saturated heterocycles. The lowest BCUT2D eigenvalue weighted by Crippen LogP contribution is -2.35. The number of carbonyl (C=O) groups excluding carboxylic acids is 2. The van der Waals surface area contributed by atoms with Crippen LogP contribution in [-0.2, 0) is 0 Å². The molecule has 4 nitrogen and oxygen atoms in total. The van der Waals surface area contributed by atoms with Crippen LogP contribution >= 0.6 is 23.2 Å². The molecule has 0 aliphatic heterocycles. The normalized spacial score (nSPS) is 10.3. The van der Waals surface area contributed by atoms with Crippen molar-refractivity contribution in [1.82, 2.24) is 5.32 Å². The highest BCUT2D eigenvalue weighted by Gasteiger charge is 2.20. The molecule has 0 saturated carbocycles. The summed E-state index contributed by atoms with van der Waals surface area (Å²) in [5.41, 5.74) is -1.30. The van der Waals surface area contributed by atoms with Gasteiger partial charge in [-0.05, 0) is 24.3 Å². The third kappa shape index (κ3) is 3.94. The van der Waals surface area contributed by atoms with Gasteiger partial charge in [0.05, 0.1) is 15.7 Å². The van der Waals surface area contributed by atoms with Crippen molar-refractivity contribution in [3.05, 3.63) is 63.4 Å². The van der Waals surface area contributed by atoms with Gasteiger partial charge in [-0.1, -0.05) is 29.3 Å². The van der Waals surface area contributed by atoms with Gasteiger partial charge in [0.2, 0.25) is 0 Å². The van der Waals surface area contributed by atoms with Crippen molar-refractivity contribution in [1.29, 1.82) is 0 Å². The summed E-state index contributed by atoms with van der Waals surface area (Å²) in [4.78, 5) is 23.3. The molecule has 0 radical (unpaired) electrons. The van der Waals surface area contributed by atoms with E-state index in [1.54, 1.807) is 5.32 Å². The van der Waals surface area contributed by atoms with E-state index in [9.17, 15) is 22.8 Å². The highest BCUT2D eigenvalue weighted by Crippen LogP contribution is 2.28. The van der Waals surface area contributed by atoms with Crippen molar-refractivity contribution < 1.29 is 22.8 Å². The highest BCUT2D eigenvalue weighted by atomic mass is 35.5. The van der Waals surface area contributed by atoms with Crippen molar-refractivity contribution in [2.75, 3.05) is 5.32 Å². The molecular formula is C14H7Cl2F3N2O2. The molecule has 0 aromatic heterocycles. The smallest absolute Gasteiger partial charge is 0.305 e. The highest BCUT2D eigenvalue weighted by molar-refractivity contribution is 6.42. The molecule has 0 spiro atoms. The maximum atomic E-state index is 13.6. The van der Waals surface area contributed by atoms with Gasteiger partial charge in [-0.25, -0.2) is 18.0 Å². The molecule has 9 heteroatoms. The first-order valence-corrected chi connectivity index (χ1v) is 6.76. The number of anilines is 1. The molecule has 23 heavy (non-hydrogen) atoms. The summed E-state index contributed by atoms with van der Waals surface area (Å²) >= 11 is 11.3. The Morgan fingerprint density at radius 1 is 0.913 bits per heavy atom. The Balaban J connectivity index is 2.14. The Morgan fingerprint density at radius 2 is 1.48 bits per heavy atom. The van der Waals surface area contributed by atoms with Crippen LogP contribution in [-0.4, -0.2) is 11.9 Å². The lowest BCUT2D eigenvalue weighted by atomic mass is 10.2. The second kappa shape index (κ2) is 6.89. The van der Waals surface area contributed by atoms with Crippen LogP contribution in [0.3, 0.4) is 0 Å². The number of hydrogen-bond donors (Lipinski definition) is 2. The van der Waals surface area contributed by atoms with E-state index in [0.29, 0.717) is 0 Å². The van der Waals surface area contributed by atoms with E-state index in [1.807, 2.05) is 5.32 Å². The predicted octanol–water partition coefficient (Wildman–Crippen LogP) is 4.37. The minimum absolute atomic E-state index is 0.0326. The lowest BCUT2D eigenvalue weighted by molar-refractivity contribution is 0.0959. The van der Waals surface area contributed by atoms with E-state index in [2.05, 4.69) is 0 Å². The van der Waals surface area contributed by atoms with Crippen LogP contribution in [0.25, 0.3) is 0 Å². The van der Waals surface area contributed by atoms with Crippen LogP contribution in [0.4, 0.5) is 23.7 Å². The summed E-state index contributed by atoms with van der Waals surface area (Å²) in [5, 5.41) is 3.56. The predicted molar refractivity (Wildman–Crippen MR) is 79.3 cm³/mol. The average molecular weight is 363 g/mol. The first kappa shape index (κ1) is 17.1. The topological polar surface area (TPSA) is 58.2 Å². The van der Waals surface area contributed by atoms with Gasteiger partial charge in [0.1, 0.15) is 23.0 Å². The zero-order valence-corrected chi connectivity index (χ0v) is 12.6. The summed E-state index contributed by atoms with van der Waals surface area (Å²) in [6.45, 7) is 0. The van der Waals surface area contributed by atoms with Crippen molar-refractivity contribution in [2.45, 2.75) is 0 Å². The molecule has 0 unspecified atom stereocenters. The monoisotopic (exact) mass is 362 g/mol. The minimum atomic E-state index is -1.32. The van der Waals surface area contributed by atoms with Gasteiger partial charge in [0, 0.05) is 0 Å². The molecule has 0 fully saturated rings. The standard InChI is InChI=1S/C14H7Cl2F3N2O2/c15-6-4-10(19)11(5-7(6)16)20-14(23)21-13(22)12-8(17)2-1-3-9(12)18/h1-5H,(H2,20,21,22,23). The van der Waals surface area contributed by atoms with Gasteiger partial charge in [-0.2, -0.15) is 0 Å². The van der Waals surface area contributed by atoms with Crippen molar-refractivity contribution >= 4 is 40.8 Å². The van der Waals surface area contributed by atoms with E-state index in [0.717, 1.165) is 30.3 Å². The van der Waals surface area contributed by atoms with Crippen molar-refractivity contribution in [2.24, 2.45) is 0 Å². The SMILES string of the molecule is O=C(NC(=O)c1c(F)cccc1F)Nc1cc(Cl)c(Cl)cc1F. The summed E-state index contributed by atoms with van der Waals surface area (Å²) in [5.74, 6) is -4.51. The molecule has 2 aromatic carbocycles.